The van der Waals surface area contributed by atoms with Crippen molar-refractivity contribution in [3.05, 3.63) is 58.9 Å². The number of sulfonamides is 1. The Labute approximate surface area is 168 Å². The second-order valence-corrected chi connectivity index (χ2v) is 7.99. The van der Waals surface area contributed by atoms with Gasteiger partial charge in [0.25, 0.3) is 5.91 Å². The van der Waals surface area contributed by atoms with Gasteiger partial charge in [0.1, 0.15) is 11.6 Å². The smallest absolute Gasteiger partial charge is 0.251 e. The van der Waals surface area contributed by atoms with Crippen LogP contribution in [-0.4, -0.2) is 34.2 Å². The summed E-state index contributed by atoms with van der Waals surface area (Å²) < 4.78 is 50.6. The van der Waals surface area contributed by atoms with Gasteiger partial charge in [0, 0.05) is 17.7 Å². The van der Waals surface area contributed by atoms with Crippen LogP contribution in [0.3, 0.4) is 0 Å². The molecule has 0 radical (unpaired) electrons. The van der Waals surface area contributed by atoms with Crippen LogP contribution in [0.5, 0.6) is 5.75 Å². The molecule has 2 aromatic carbocycles. The first-order valence-corrected chi connectivity index (χ1v) is 10.2. The highest BCUT2D eigenvalue weighted by Crippen LogP contribution is 2.29. The second-order valence-electron chi connectivity index (χ2n) is 6.22. The standard InChI is InChI=1S/C20H19FN2O5S/c1-2-8-23-29(25,26)18-5-3-14(4-6-18)20(24)22-9-7-15-10-17(21)11-16-12-27-13-28-19(15)16/h1,3-6,10-11,23H,7-9,12-13H2,(H,22,24). The lowest BCUT2D eigenvalue weighted by molar-refractivity contribution is -0.0172. The third-order valence-corrected chi connectivity index (χ3v) is 5.64. The quantitative estimate of drug-likeness (QED) is 0.666. The molecule has 1 amide bonds. The number of terminal acetylenes is 1. The van der Waals surface area contributed by atoms with Crippen LogP contribution >= 0.6 is 0 Å². The molecular formula is C20H19FN2O5S. The Morgan fingerprint density at radius 1 is 1.24 bits per heavy atom. The van der Waals surface area contributed by atoms with Crippen molar-refractivity contribution in [2.75, 3.05) is 19.9 Å². The summed E-state index contributed by atoms with van der Waals surface area (Å²) in [6, 6.07) is 8.20. The minimum absolute atomic E-state index is 0.00931. The lowest BCUT2D eigenvalue weighted by Gasteiger charge is -2.21. The molecule has 0 saturated heterocycles. The number of nitrogens with one attached hydrogen (secondary N) is 2. The van der Waals surface area contributed by atoms with Crippen LogP contribution in [0, 0.1) is 18.2 Å². The molecule has 0 bridgehead atoms. The van der Waals surface area contributed by atoms with E-state index in [1.165, 1.54) is 36.4 Å². The van der Waals surface area contributed by atoms with Gasteiger partial charge in [0.2, 0.25) is 10.0 Å². The van der Waals surface area contributed by atoms with Gasteiger partial charge in [-0.05, 0) is 48.4 Å². The molecule has 2 aromatic rings. The Balaban J connectivity index is 1.61. The van der Waals surface area contributed by atoms with E-state index in [9.17, 15) is 17.6 Å². The summed E-state index contributed by atoms with van der Waals surface area (Å²) in [6.07, 6.45) is 5.42. The van der Waals surface area contributed by atoms with E-state index in [4.69, 9.17) is 15.9 Å². The second kappa shape index (κ2) is 9.05. The van der Waals surface area contributed by atoms with Gasteiger partial charge in [-0.1, -0.05) is 5.92 Å². The molecule has 152 valence electrons. The Bertz CT molecular complexity index is 1050. The molecule has 0 atom stereocenters. The summed E-state index contributed by atoms with van der Waals surface area (Å²) in [5, 5.41) is 2.73. The summed E-state index contributed by atoms with van der Waals surface area (Å²) >= 11 is 0. The van der Waals surface area contributed by atoms with Crippen molar-refractivity contribution in [2.24, 2.45) is 0 Å². The predicted molar refractivity (Wildman–Crippen MR) is 103 cm³/mol. The van der Waals surface area contributed by atoms with Crippen LogP contribution in [0.1, 0.15) is 21.5 Å². The topological polar surface area (TPSA) is 93.7 Å². The van der Waals surface area contributed by atoms with Crippen molar-refractivity contribution in [3.63, 3.8) is 0 Å². The van der Waals surface area contributed by atoms with Crippen molar-refractivity contribution in [3.8, 4) is 18.1 Å². The maximum Gasteiger partial charge on any atom is 0.251 e. The van der Waals surface area contributed by atoms with Crippen molar-refractivity contribution in [2.45, 2.75) is 17.9 Å². The molecule has 1 aliphatic heterocycles. The van der Waals surface area contributed by atoms with E-state index in [0.29, 0.717) is 28.9 Å². The SMILES string of the molecule is C#CCNS(=O)(=O)c1ccc(C(=O)NCCc2cc(F)cc3c2OCOC3)cc1. The maximum atomic E-state index is 13.8. The number of benzene rings is 2. The monoisotopic (exact) mass is 418 g/mol. The molecule has 3 rings (SSSR count). The third-order valence-electron chi connectivity index (χ3n) is 4.22. The molecule has 0 saturated carbocycles. The third kappa shape index (κ3) is 5.12. The summed E-state index contributed by atoms with van der Waals surface area (Å²) in [6.45, 7) is 0.508. The Morgan fingerprint density at radius 3 is 2.72 bits per heavy atom. The zero-order chi connectivity index (χ0) is 20.9. The van der Waals surface area contributed by atoms with Crippen LogP contribution in [0.25, 0.3) is 0 Å². The number of fused-ring (bicyclic) bond motifs is 1. The van der Waals surface area contributed by atoms with Gasteiger partial charge in [-0.25, -0.2) is 12.8 Å². The van der Waals surface area contributed by atoms with Gasteiger partial charge in [-0.15, -0.1) is 6.42 Å². The number of carbonyl (C=O) groups excluding carboxylic acids is 1. The number of ether oxygens (including phenoxy) is 2. The molecule has 2 N–H and O–H groups in total. The number of hydrogen-bond donors (Lipinski definition) is 2. The highest BCUT2D eigenvalue weighted by Gasteiger charge is 2.17. The average Bonchev–Trinajstić information content (AvgIpc) is 2.72. The van der Waals surface area contributed by atoms with Crippen LogP contribution in [0.4, 0.5) is 4.39 Å². The minimum atomic E-state index is -3.71. The molecule has 29 heavy (non-hydrogen) atoms. The number of rotatable bonds is 7. The van der Waals surface area contributed by atoms with Crippen molar-refractivity contribution in [1.29, 1.82) is 0 Å². The summed E-state index contributed by atoms with van der Waals surface area (Å²) in [5.41, 5.74) is 1.57. The summed E-state index contributed by atoms with van der Waals surface area (Å²) in [7, 11) is -3.71. The molecule has 0 fully saturated rings. The summed E-state index contributed by atoms with van der Waals surface area (Å²) in [5.74, 6) is 2.00. The fourth-order valence-electron chi connectivity index (χ4n) is 2.86. The van der Waals surface area contributed by atoms with Crippen molar-refractivity contribution in [1.82, 2.24) is 10.0 Å². The zero-order valence-corrected chi connectivity index (χ0v) is 16.2. The van der Waals surface area contributed by atoms with E-state index < -0.39 is 15.8 Å². The van der Waals surface area contributed by atoms with Crippen LogP contribution in [-0.2, 0) is 27.8 Å². The molecule has 0 spiro atoms. The Hall–Kier alpha value is -2.93. The van der Waals surface area contributed by atoms with Gasteiger partial charge in [0.15, 0.2) is 6.79 Å². The zero-order valence-electron chi connectivity index (χ0n) is 15.4. The van der Waals surface area contributed by atoms with Crippen LogP contribution < -0.4 is 14.8 Å². The highest BCUT2D eigenvalue weighted by atomic mass is 32.2. The number of halogens is 1. The Morgan fingerprint density at radius 2 is 2.00 bits per heavy atom. The van der Waals surface area contributed by atoms with Crippen LogP contribution in [0.2, 0.25) is 0 Å². The largest absolute Gasteiger partial charge is 0.467 e. The van der Waals surface area contributed by atoms with Crippen LogP contribution in [0.15, 0.2) is 41.3 Å². The Kier molecular flexibility index (Phi) is 6.49. The normalized spacial score (nSPS) is 13.1. The van der Waals surface area contributed by atoms with Gasteiger partial charge < -0.3 is 14.8 Å². The summed E-state index contributed by atoms with van der Waals surface area (Å²) in [4.78, 5) is 12.3. The maximum absolute atomic E-state index is 13.8. The van der Waals surface area contributed by atoms with Crippen molar-refractivity contribution >= 4 is 15.9 Å². The predicted octanol–water partition coefficient (Wildman–Crippen LogP) is 1.58. The molecule has 7 nitrogen and oxygen atoms in total. The molecule has 1 aliphatic rings. The highest BCUT2D eigenvalue weighted by molar-refractivity contribution is 7.89. The van der Waals surface area contributed by atoms with Crippen molar-refractivity contribution < 1.29 is 27.1 Å². The average molecular weight is 418 g/mol. The molecular weight excluding hydrogens is 399 g/mol. The van der Waals surface area contributed by atoms with Gasteiger partial charge in [0.05, 0.1) is 18.0 Å². The first kappa shape index (κ1) is 20.8. The number of carbonyl (C=O) groups is 1. The molecule has 9 heteroatoms. The van der Waals surface area contributed by atoms with E-state index in [1.54, 1.807) is 0 Å². The molecule has 0 aliphatic carbocycles. The van der Waals surface area contributed by atoms with Gasteiger partial charge in [-0.2, -0.15) is 4.72 Å². The fourth-order valence-corrected chi connectivity index (χ4v) is 3.80. The molecule has 1 heterocycles. The minimum Gasteiger partial charge on any atom is -0.467 e. The van der Waals surface area contributed by atoms with E-state index >= 15 is 0 Å². The number of amides is 1. The molecule has 0 aromatic heterocycles. The van der Waals surface area contributed by atoms with E-state index in [-0.39, 0.29) is 37.3 Å². The fraction of sp³-hybridized carbons (Fsp3) is 0.250. The van der Waals surface area contributed by atoms with Gasteiger partial charge >= 0.3 is 0 Å². The molecule has 0 unspecified atom stereocenters. The lowest BCUT2D eigenvalue weighted by atomic mass is 10.1. The van der Waals surface area contributed by atoms with E-state index in [2.05, 4.69) is 16.0 Å². The van der Waals surface area contributed by atoms with Gasteiger partial charge in [-0.3, -0.25) is 4.79 Å². The number of hydrogen-bond acceptors (Lipinski definition) is 5. The first-order valence-electron chi connectivity index (χ1n) is 8.74. The van der Waals surface area contributed by atoms with E-state index in [1.807, 2.05) is 0 Å². The van der Waals surface area contributed by atoms with E-state index in [0.717, 1.165) is 0 Å². The first-order chi connectivity index (χ1) is 13.9. The lowest BCUT2D eigenvalue weighted by Crippen LogP contribution is -2.27.